The Kier molecular flexibility index (Phi) is 10.3. The zero-order chi connectivity index (χ0) is 31.8. The molecule has 0 unspecified atom stereocenters. The van der Waals surface area contributed by atoms with Gasteiger partial charge in [-0.05, 0) is 61.8 Å². The zero-order valence-corrected chi connectivity index (χ0v) is 26.4. The number of carbonyl (C=O) groups excluding carboxylic acids is 1. The summed E-state index contributed by atoms with van der Waals surface area (Å²) in [5.41, 5.74) is 5.58. The highest BCUT2D eigenvalue weighted by Gasteiger charge is 2.29. The Morgan fingerprint density at radius 3 is 2.07 bits per heavy atom. The minimum Gasteiger partial charge on any atom is -0.287 e. The van der Waals surface area contributed by atoms with E-state index in [-0.39, 0.29) is 23.1 Å². The summed E-state index contributed by atoms with van der Waals surface area (Å²) in [6.07, 6.45) is 7.26. The molecule has 0 aliphatic carbocycles. The van der Waals surface area contributed by atoms with Gasteiger partial charge in [-0.15, -0.1) is 0 Å². The van der Waals surface area contributed by atoms with Gasteiger partial charge in [0, 0.05) is 17.2 Å². The molecule has 0 aliphatic rings. The summed E-state index contributed by atoms with van der Waals surface area (Å²) in [4.78, 5) is 42.0. The summed E-state index contributed by atoms with van der Waals surface area (Å²) in [5.74, 6) is -0.399. The Balaban J connectivity index is 1.69. The van der Waals surface area contributed by atoms with Crippen LogP contribution in [0.4, 0.5) is 0 Å². The molecule has 3 aromatic carbocycles. The number of hydrogen-bond donors (Lipinski definition) is 0. The molecule has 5 aromatic rings. The number of nitrogens with zero attached hydrogens (tertiary/aromatic N) is 4. The Morgan fingerprint density at radius 1 is 0.844 bits per heavy atom. The van der Waals surface area contributed by atoms with E-state index < -0.39 is 0 Å². The molecule has 0 spiro atoms. The van der Waals surface area contributed by atoms with Crippen LogP contribution >= 0.6 is 0 Å². The summed E-state index contributed by atoms with van der Waals surface area (Å²) >= 11 is 0. The van der Waals surface area contributed by atoms with Crippen LogP contribution in [0, 0.1) is 0 Å². The molecule has 0 aliphatic heterocycles. The normalized spacial score (nSPS) is 11.5. The Morgan fingerprint density at radius 2 is 1.44 bits per heavy atom. The Hall–Kier alpha value is -4.97. The first-order chi connectivity index (χ1) is 21.9. The van der Waals surface area contributed by atoms with Gasteiger partial charge < -0.3 is 0 Å². The van der Waals surface area contributed by atoms with E-state index >= 15 is 0 Å². The molecule has 0 atom stereocenters. The molecule has 6 heteroatoms. The summed E-state index contributed by atoms with van der Waals surface area (Å²) in [7, 11) is 0. The first kappa shape index (κ1) is 31.5. The Labute approximate surface area is 265 Å². The molecule has 0 saturated heterocycles. The third-order valence-corrected chi connectivity index (χ3v) is 8.00. The van der Waals surface area contributed by atoms with E-state index in [1.54, 1.807) is 17.7 Å². The van der Waals surface area contributed by atoms with Crippen molar-refractivity contribution in [3.63, 3.8) is 0 Å². The lowest BCUT2D eigenvalue weighted by Crippen LogP contribution is -2.26. The molecule has 0 N–H and O–H groups in total. The number of pyridine rings is 1. The summed E-state index contributed by atoms with van der Waals surface area (Å²) in [5, 5.41) is 0.718. The standard InChI is InChI=1S/C39H40N4O2/c1-5-40-28(4)37(44)35-33(30-22-14-9-15-23-30)34-32(26-18-7-6-11-19-29-20-12-8-13-21-29)41-39(45)43(31-24-16-10-17-25-31)38(34)42-36(35)27(2)3/h5,8-10,12-17,20-25,27H,4,6-7,11,18-19,26H2,1-3H3. The van der Waals surface area contributed by atoms with Gasteiger partial charge in [-0.3, -0.25) is 9.79 Å². The van der Waals surface area contributed by atoms with Crippen molar-refractivity contribution in [2.24, 2.45) is 4.99 Å². The van der Waals surface area contributed by atoms with E-state index in [1.807, 2.05) is 80.6 Å². The maximum absolute atomic E-state index is 14.1. The topological polar surface area (TPSA) is 77.2 Å². The highest BCUT2D eigenvalue weighted by Crippen LogP contribution is 2.38. The van der Waals surface area contributed by atoms with Gasteiger partial charge in [0.15, 0.2) is 5.65 Å². The fourth-order valence-corrected chi connectivity index (χ4v) is 5.85. The third kappa shape index (κ3) is 7.07. The van der Waals surface area contributed by atoms with Crippen LogP contribution in [-0.2, 0) is 12.8 Å². The van der Waals surface area contributed by atoms with Crippen molar-refractivity contribution in [2.45, 2.75) is 65.2 Å². The van der Waals surface area contributed by atoms with Crippen LogP contribution in [0.2, 0.25) is 0 Å². The van der Waals surface area contributed by atoms with Crippen LogP contribution < -0.4 is 5.69 Å². The Bertz CT molecular complexity index is 1880. The predicted octanol–water partition coefficient (Wildman–Crippen LogP) is 8.70. The number of para-hydroxylation sites is 1. The second-order valence-corrected chi connectivity index (χ2v) is 11.5. The average molecular weight is 597 g/mol. The van der Waals surface area contributed by atoms with Gasteiger partial charge >= 0.3 is 5.69 Å². The number of ketones is 1. The van der Waals surface area contributed by atoms with Crippen molar-refractivity contribution >= 4 is 23.0 Å². The minimum absolute atomic E-state index is 0.116. The monoisotopic (exact) mass is 596 g/mol. The van der Waals surface area contributed by atoms with E-state index in [1.165, 1.54) is 5.56 Å². The molecule has 0 saturated carbocycles. The molecule has 0 fully saturated rings. The van der Waals surface area contributed by atoms with Gasteiger partial charge in [0.2, 0.25) is 5.78 Å². The molecule has 0 radical (unpaired) electrons. The SMILES string of the molecule is C=C(N=CC)C(=O)c1c(C(C)C)nc2c(c(CCCCCCc3ccccc3)nc(=O)n2-c2ccccc2)c1-c1ccccc1. The number of allylic oxidation sites excluding steroid dienone is 1. The quantitative estimate of drug-likeness (QED) is 0.0590. The lowest BCUT2D eigenvalue weighted by Gasteiger charge is -2.22. The number of hydrogen-bond acceptors (Lipinski definition) is 5. The molecule has 5 rings (SSSR count). The second-order valence-electron chi connectivity index (χ2n) is 11.5. The van der Waals surface area contributed by atoms with Crippen molar-refractivity contribution < 1.29 is 4.79 Å². The number of unbranched alkanes of at least 4 members (excludes halogenated alkanes) is 3. The van der Waals surface area contributed by atoms with Crippen molar-refractivity contribution in [3.8, 4) is 16.8 Å². The third-order valence-electron chi connectivity index (χ3n) is 8.00. The number of fused-ring (bicyclic) bond motifs is 1. The second kappa shape index (κ2) is 14.7. The number of benzene rings is 3. The molecular formula is C39H40N4O2. The first-order valence-electron chi connectivity index (χ1n) is 15.8. The fraction of sp³-hybridized carbons (Fsp3) is 0.256. The van der Waals surface area contributed by atoms with Gasteiger partial charge in [0.25, 0.3) is 0 Å². The highest BCUT2D eigenvalue weighted by molar-refractivity contribution is 6.17. The summed E-state index contributed by atoms with van der Waals surface area (Å²) in [6, 6.07) is 29.8. The predicted molar refractivity (Wildman–Crippen MR) is 185 cm³/mol. The number of aliphatic imine (C=N–C) groups is 1. The maximum Gasteiger partial charge on any atom is 0.354 e. The number of carbonyl (C=O) groups is 1. The van der Waals surface area contributed by atoms with Gasteiger partial charge in [-0.2, -0.15) is 4.98 Å². The van der Waals surface area contributed by atoms with E-state index in [9.17, 15) is 9.59 Å². The van der Waals surface area contributed by atoms with Crippen LogP contribution in [0.5, 0.6) is 0 Å². The van der Waals surface area contributed by atoms with Gasteiger partial charge in [-0.1, -0.05) is 112 Å². The smallest absolute Gasteiger partial charge is 0.287 e. The van der Waals surface area contributed by atoms with Crippen molar-refractivity contribution in [1.82, 2.24) is 14.5 Å². The minimum atomic E-state index is -0.381. The van der Waals surface area contributed by atoms with Crippen molar-refractivity contribution in [3.05, 3.63) is 136 Å². The largest absolute Gasteiger partial charge is 0.354 e. The first-order valence-corrected chi connectivity index (χ1v) is 15.8. The molecule has 2 aromatic heterocycles. The molecule has 6 nitrogen and oxygen atoms in total. The highest BCUT2D eigenvalue weighted by atomic mass is 16.1. The molecule has 228 valence electrons. The summed E-state index contributed by atoms with van der Waals surface area (Å²) < 4.78 is 1.57. The number of Topliss-reactive ketones (excluding diaryl/α,β-unsaturated/α-hetero) is 1. The lowest BCUT2D eigenvalue weighted by molar-refractivity contribution is 0.103. The van der Waals surface area contributed by atoms with E-state index in [2.05, 4.69) is 40.8 Å². The molecule has 0 bridgehead atoms. The maximum atomic E-state index is 14.1. The van der Waals surface area contributed by atoms with Crippen LogP contribution in [0.15, 0.2) is 113 Å². The number of rotatable bonds is 13. The number of aromatic nitrogens is 3. The van der Waals surface area contributed by atoms with Crippen LogP contribution in [0.25, 0.3) is 27.8 Å². The molecule has 2 heterocycles. The lowest BCUT2D eigenvalue weighted by atomic mass is 9.87. The van der Waals surface area contributed by atoms with Gasteiger partial charge in [0.1, 0.15) is 5.70 Å². The van der Waals surface area contributed by atoms with Crippen molar-refractivity contribution in [2.75, 3.05) is 0 Å². The molecule has 45 heavy (non-hydrogen) atoms. The van der Waals surface area contributed by atoms with E-state index in [0.29, 0.717) is 34.7 Å². The zero-order valence-electron chi connectivity index (χ0n) is 26.4. The van der Waals surface area contributed by atoms with Gasteiger partial charge in [0.05, 0.1) is 22.6 Å². The van der Waals surface area contributed by atoms with E-state index in [4.69, 9.17) is 4.98 Å². The van der Waals surface area contributed by atoms with E-state index in [0.717, 1.165) is 48.6 Å². The van der Waals surface area contributed by atoms with Crippen LogP contribution in [-0.4, -0.2) is 26.5 Å². The molecular weight excluding hydrogens is 556 g/mol. The summed E-state index contributed by atoms with van der Waals surface area (Å²) in [6.45, 7) is 9.77. The van der Waals surface area contributed by atoms with Gasteiger partial charge in [-0.25, -0.2) is 14.3 Å². The van der Waals surface area contributed by atoms with Crippen LogP contribution in [0.1, 0.15) is 79.7 Å². The van der Waals surface area contributed by atoms with Crippen molar-refractivity contribution in [1.29, 1.82) is 0 Å². The van der Waals surface area contributed by atoms with Crippen LogP contribution in [0.3, 0.4) is 0 Å². The number of aryl methyl sites for hydroxylation is 2. The molecule has 0 amide bonds. The average Bonchev–Trinajstić information content (AvgIpc) is 3.06. The fourth-order valence-electron chi connectivity index (χ4n) is 5.85.